The Morgan fingerprint density at radius 2 is 2.00 bits per heavy atom. The molecule has 22 heavy (non-hydrogen) atoms. The molecule has 4 heteroatoms. The van der Waals surface area contributed by atoms with E-state index in [1.807, 2.05) is 12.1 Å². The fraction of sp³-hybridized carbons (Fsp3) is 0.333. The standard InChI is InChI=1S/C18H17NO3/c1-9-6-13(20)16-15(17(9)21)11-7-10-4-5-18(2,3)22-14(10)8-12(11)19-16/h6-8,19H,4-5H2,1-3H3. The van der Waals surface area contributed by atoms with Crippen LogP contribution in [0, 0.1) is 0 Å². The summed E-state index contributed by atoms with van der Waals surface area (Å²) in [4.78, 5) is 27.7. The normalized spacial score (nSPS) is 19.5. The van der Waals surface area contributed by atoms with E-state index in [-0.39, 0.29) is 17.2 Å². The Morgan fingerprint density at radius 3 is 2.77 bits per heavy atom. The van der Waals surface area contributed by atoms with Crippen molar-refractivity contribution in [2.75, 3.05) is 0 Å². The topological polar surface area (TPSA) is 59.2 Å². The van der Waals surface area contributed by atoms with Gasteiger partial charge in [-0.2, -0.15) is 0 Å². The number of allylic oxidation sites excluding steroid dienone is 2. The van der Waals surface area contributed by atoms with Crippen molar-refractivity contribution in [1.29, 1.82) is 0 Å². The fourth-order valence-corrected chi connectivity index (χ4v) is 3.29. The second-order valence-corrected chi connectivity index (χ2v) is 6.76. The third-order valence-electron chi connectivity index (χ3n) is 4.54. The SMILES string of the molecule is CC1=CC(=O)c2[nH]c3cc4c(cc3c2C1=O)CCC(C)(C)O4. The maximum atomic E-state index is 12.4. The summed E-state index contributed by atoms with van der Waals surface area (Å²) in [6.07, 6.45) is 3.25. The Labute approximate surface area is 128 Å². The summed E-state index contributed by atoms with van der Waals surface area (Å²) in [6.45, 7) is 5.83. The van der Waals surface area contributed by atoms with Gasteiger partial charge in [-0.3, -0.25) is 9.59 Å². The number of aromatic amines is 1. The van der Waals surface area contributed by atoms with Crippen LogP contribution in [0.3, 0.4) is 0 Å². The minimum absolute atomic E-state index is 0.0714. The zero-order valence-corrected chi connectivity index (χ0v) is 12.9. The first-order chi connectivity index (χ1) is 10.4. The molecule has 1 aliphatic heterocycles. The Bertz CT molecular complexity index is 883. The van der Waals surface area contributed by atoms with E-state index >= 15 is 0 Å². The van der Waals surface area contributed by atoms with Gasteiger partial charge in [-0.05, 0) is 51.3 Å². The maximum Gasteiger partial charge on any atom is 0.203 e. The van der Waals surface area contributed by atoms with Crippen LogP contribution in [0.2, 0.25) is 0 Å². The van der Waals surface area contributed by atoms with Crippen molar-refractivity contribution in [2.45, 2.75) is 39.2 Å². The van der Waals surface area contributed by atoms with E-state index in [0.29, 0.717) is 16.8 Å². The number of H-pyrrole nitrogens is 1. The summed E-state index contributed by atoms with van der Waals surface area (Å²) in [5, 5.41) is 0.822. The van der Waals surface area contributed by atoms with Crippen LogP contribution in [-0.4, -0.2) is 22.2 Å². The lowest BCUT2D eigenvalue weighted by Gasteiger charge is -2.32. The number of nitrogens with one attached hydrogen (secondary N) is 1. The molecule has 0 amide bonds. The van der Waals surface area contributed by atoms with E-state index in [4.69, 9.17) is 4.74 Å². The number of aromatic nitrogens is 1. The molecular formula is C18H17NO3. The number of carbonyl (C=O) groups is 2. The minimum Gasteiger partial charge on any atom is -0.487 e. The number of benzene rings is 1. The minimum atomic E-state index is -0.184. The number of ether oxygens (including phenoxy) is 1. The lowest BCUT2D eigenvalue weighted by atomic mass is 9.90. The van der Waals surface area contributed by atoms with Crippen LogP contribution in [0.1, 0.15) is 53.6 Å². The largest absolute Gasteiger partial charge is 0.487 e. The van der Waals surface area contributed by atoms with Gasteiger partial charge in [0.05, 0.1) is 16.8 Å². The second kappa shape index (κ2) is 4.09. The predicted molar refractivity (Wildman–Crippen MR) is 83.7 cm³/mol. The number of rotatable bonds is 0. The zero-order valence-electron chi connectivity index (χ0n) is 12.9. The molecule has 0 unspecified atom stereocenters. The molecule has 0 saturated carbocycles. The number of carbonyl (C=O) groups excluding carboxylic acids is 2. The van der Waals surface area contributed by atoms with Crippen molar-refractivity contribution in [3.05, 3.63) is 40.6 Å². The molecular weight excluding hydrogens is 278 g/mol. The van der Waals surface area contributed by atoms with Crippen molar-refractivity contribution in [3.63, 3.8) is 0 Å². The summed E-state index contributed by atoms with van der Waals surface area (Å²) in [7, 11) is 0. The van der Waals surface area contributed by atoms with E-state index < -0.39 is 0 Å². The average molecular weight is 295 g/mol. The van der Waals surface area contributed by atoms with E-state index in [2.05, 4.69) is 18.8 Å². The van der Waals surface area contributed by atoms with E-state index in [1.165, 1.54) is 6.08 Å². The molecule has 1 aromatic heterocycles. The van der Waals surface area contributed by atoms with Crippen molar-refractivity contribution in [3.8, 4) is 5.75 Å². The Balaban J connectivity index is 1.97. The van der Waals surface area contributed by atoms with Crippen LogP contribution in [-0.2, 0) is 6.42 Å². The molecule has 1 aromatic carbocycles. The predicted octanol–water partition coefficient (Wildman–Crippen LogP) is 3.60. The van der Waals surface area contributed by atoms with Crippen molar-refractivity contribution in [2.24, 2.45) is 0 Å². The average Bonchev–Trinajstić information content (AvgIpc) is 2.80. The van der Waals surface area contributed by atoms with Gasteiger partial charge in [-0.25, -0.2) is 0 Å². The quantitative estimate of drug-likeness (QED) is 0.808. The summed E-state index contributed by atoms with van der Waals surface area (Å²) >= 11 is 0. The molecule has 0 bridgehead atoms. The highest BCUT2D eigenvalue weighted by atomic mass is 16.5. The molecule has 0 atom stereocenters. The summed E-state index contributed by atoms with van der Waals surface area (Å²) < 4.78 is 6.03. The van der Waals surface area contributed by atoms with E-state index in [0.717, 1.165) is 35.1 Å². The smallest absolute Gasteiger partial charge is 0.203 e. The molecule has 112 valence electrons. The fourth-order valence-electron chi connectivity index (χ4n) is 3.29. The van der Waals surface area contributed by atoms with Gasteiger partial charge in [0, 0.05) is 17.0 Å². The molecule has 2 aliphatic rings. The Kier molecular flexibility index (Phi) is 2.48. The van der Waals surface area contributed by atoms with Crippen LogP contribution in [0.4, 0.5) is 0 Å². The number of hydrogen-bond donors (Lipinski definition) is 1. The third kappa shape index (κ3) is 1.76. The highest BCUT2D eigenvalue weighted by Gasteiger charge is 2.31. The van der Waals surface area contributed by atoms with E-state index in [9.17, 15) is 9.59 Å². The Morgan fingerprint density at radius 1 is 1.23 bits per heavy atom. The van der Waals surface area contributed by atoms with Crippen LogP contribution < -0.4 is 4.74 Å². The second-order valence-electron chi connectivity index (χ2n) is 6.76. The number of fused-ring (bicyclic) bond motifs is 4. The van der Waals surface area contributed by atoms with Crippen molar-refractivity contribution in [1.82, 2.24) is 4.98 Å². The highest BCUT2D eigenvalue weighted by Crippen LogP contribution is 2.38. The Hall–Kier alpha value is -2.36. The van der Waals surface area contributed by atoms with Gasteiger partial charge in [-0.15, -0.1) is 0 Å². The van der Waals surface area contributed by atoms with Crippen LogP contribution >= 0.6 is 0 Å². The summed E-state index contributed by atoms with van der Waals surface area (Å²) in [5.74, 6) is 0.632. The van der Waals surface area contributed by atoms with Crippen LogP contribution in [0.25, 0.3) is 10.9 Å². The van der Waals surface area contributed by atoms with Gasteiger partial charge in [0.25, 0.3) is 0 Å². The lowest BCUT2D eigenvalue weighted by molar-refractivity contribution is 0.0849. The first kappa shape index (κ1) is 13.3. The highest BCUT2D eigenvalue weighted by molar-refractivity contribution is 6.28. The van der Waals surface area contributed by atoms with Crippen LogP contribution in [0.5, 0.6) is 5.75 Å². The van der Waals surface area contributed by atoms with Gasteiger partial charge in [0.15, 0.2) is 5.78 Å². The molecule has 1 N–H and O–H groups in total. The molecule has 0 radical (unpaired) electrons. The third-order valence-corrected chi connectivity index (χ3v) is 4.54. The first-order valence-electron chi connectivity index (χ1n) is 7.51. The molecule has 0 saturated heterocycles. The molecule has 4 nitrogen and oxygen atoms in total. The molecule has 0 spiro atoms. The van der Waals surface area contributed by atoms with E-state index in [1.54, 1.807) is 6.92 Å². The molecule has 4 rings (SSSR count). The lowest BCUT2D eigenvalue weighted by Crippen LogP contribution is -2.32. The van der Waals surface area contributed by atoms with Gasteiger partial charge in [0.1, 0.15) is 11.4 Å². The molecule has 1 aliphatic carbocycles. The van der Waals surface area contributed by atoms with Gasteiger partial charge >= 0.3 is 0 Å². The van der Waals surface area contributed by atoms with Crippen LogP contribution in [0.15, 0.2) is 23.8 Å². The maximum absolute atomic E-state index is 12.4. The molecule has 0 fully saturated rings. The summed E-state index contributed by atoms with van der Waals surface area (Å²) in [5.41, 5.74) is 3.09. The number of Topliss-reactive ketones (excluding diaryl/α,β-unsaturated/α-hetero) is 1. The zero-order chi connectivity index (χ0) is 15.6. The molecule has 2 aromatic rings. The van der Waals surface area contributed by atoms with Gasteiger partial charge < -0.3 is 9.72 Å². The van der Waals surface area contributed by atoms with Crippen molar-refractivity contribution >= 4 is 22.5 Å². The molecule has 2 heterocycles. The van der Waals surface area contributed by atoms with Gasteiger partial charge in [-0.1, -0.05) is 0 Å². The monoisotopic (exact) mass is 295 g/mol. The number of aryl methyl sites for hydroxylation is 1. The first-order valence-corrected chi connectivity index (χ1v) is 7.51. The van der Waals surface area contributed by atoms with Gasteiger partial charge in [0.2, 0.25) is 5.78 Å². The number of hydrogen-bond acceptors (Lipinski definition) is 3. The number of ketones is 2. The summed E-state index contributed by atoms with van der Waals surface area (Å²) in [6, 6.07) is 3.92. The van der Waals surface area contributed by atoms with Crippen molar-refractivity contribution < 1.29 is 14.3 Å².